The normalized spacial score (nSPS) is 14.1. The van der Waals surface area contributed by atoms with Crippen LogP contribution in [0.1, 0.15) is 17.1 Å². The minimum atomic E-state index is -0.257. The number of ether oxygens (including phenoxy) is 2. The summed E-state index contributed by atoms with van der Waals surface area (Å²) in [6.07, 6.45) is 0.0182. The highest BCUT2D eigenvalue weighted by atomic mass is 19.1. The highest BCUT2D eigenvalue weighted by Crippen LogP contribution is 2.29. The lowest BCUT2D eigenvalue weighted by molar-refractivity contribution is 0.164. The molecule has 0 spiro atoms. The Morgan fingerprint density at radius 1 is 1.07 bits per heavy atom. The Labute approximate surface area is 162 Å². The van der Waals surface area contributed by atoms with Crippen LogP contribution in [-0.2, 0) is 0 Å². The number of rotatable bonds is 5. The SMILES string of the molecule is COc1ccc(-n2c(C)nnc2N2CC(Oc3ccc(F)cc3C)C2)c(C)n1. The van der Waals surface area contributed by atoms with Crippen LogP contribution >= 0.6 is 0 Å². The van der Waals surface area contributed by atoms with E-state index >= 15 is 0 Å². The van der Waals surface area contributed by atoms with Gasteiger partial charge >= 0.3 is 0 Å². The van der Waals surface area contributed by atoms with E-state index in [9.17, 15) is 4.39 Å². The van der Waals surface area contributed by atoms with Gasteiger partial charge in [-0.2, -0.15) is 0 Å². The van der Waals surface area contributed by atoms with Crippen molar-refractivity contribution in [2.75, 3.05) is 25.1 Å². The molecule has 0 aliphatic carbocycles. The molecule has 0 amide bonds. The highest BCUT2D eigenvalue weighted by molar-refractivity contribution is 5.49. The van der Waals surface area contributed by atoms with Gasteiger partial charge in [-0.25, -0.2) is 9.37 Å². The van der Waals surface area contributed by atoms with Gasteiger partial charge in [-0.15, -0.1) is 10.2 Å². The number of benzene rings is 1. The molecule has 4 rings (SSSR count). The van der Waals surface area contributed by atoms with Crippen LogP contribution < -0.4 is 14.4 Å². The number of hydrogen-bond acceptors (Lipinski definition) is 6. The molecule has 0 bridgehead atoms. The van der Waals surface area contributed by atoms with Crippen molar-refractivity contribution >= 4 is 5.95 Å². The number of pyridine rings is 1. The summed E-state index contributed by atoms with van der Waals surface area (Å²) in [5.41, 5.74) is 2.54. The van der Waals surface area contributed by atoms with Crippen molar-refractivity contribution in [3.05, 3.63) is 53.2 Å². The van der Waals surface area contributed by atoms with Crippen molar-refractivity contribution in [1.29, 1.82) is 0 Å². The zero-order valence-corrected chi connectivity index (χ0v) is 16.3. The molecule has 0 radical (unpaired) electrons. The van der Waals surface area contributed by atoms with E-state index in [4.69, 9.17) is 9.47 Å². The molecule has 3 aromatic rings. The van der Waals surface area contributed by atoms with E-state index in [2.05, 4.69) is 20.1 Å². The van der Waals surface area contributed by atoms with Crippen molar-refractivity contribution in [2.45, 2.75) is 26.9 Å². The Morgan fingerprint density at radius 2 is 1.86 bits per heavy atom. The predicted molar refractivity (Wildman–Crippen MR) is 103 cm³/mol. The molecule has 0 N–H and O–H groups in total. The van der Waals surface area contributed by atoms with Gasteiger partial charge in [0.05, 0.1) is 31.6 Å². The van der Waals surface area contributed by atoms with Gasteiger partial charge in [-0.1, -0.05) is 0 Å². The molecule has 2 aromatic heterocycles. The van der Waals surface area contributed by atoms with Crippen LogP contribution in [0.3, 0.4) is 0 Å². The first-order valence-corrected chi connectivity index (χ1v) is 9.08. The van der Waals surface area contributed by atoms with Gasteiger partial charge < -0.3 is 14.4 Å². The van der Waals surface area contributed by atoms with Gasteiger partial charge in [-0.05, 0) is 50.6 Å². The van der Waals surface area contributed by atoms with Crippen LogP contribution in [0.25, 0.3) is 5.69 Å². The van der Waals surface area contributed by atoms with E-state index in [1.54, 1.807) is 13.2 Å². The molecule has 1 fully saturated rings. The Kier molecular flexibility index (Phi) is 4.62. The molecule has 0 saturated carbocycles. The summed E-state index contributed by atoms with van der Waals surface area (Å²) in [7, 11) is 1.60. The Morgan fingerprint density at radius 3 is 2.54 bits per heavy atom. The Hall–Kier alpha value is -3.16. The molecule has 1 aliphatic rings. The van der Waals surface area contributed by atoms with Crippen LogP contribution in [0.15, 0.2) is 30.3 Å². The largest absolute Gasteiger partial charge is 0.486 e. The predicted octanol–water partition coefficient (Wildman–Crippen LogP) is 3.00. The van der Waals surface area contributed by atoms with Crippen molar-refractivity contribution in [1.82, 2.24) is 19.7 Å². The van der Waals surface area contributed by atoms with Gasteiger partial charge in [0.2, 0.25) is 11.8 Å². The molecule has 1 saturated heterocycles. The molecule has 28 heavy (non-hydrogen) atoms. The Balaban J connectivity index is 1.52. The minimum Gasteiger partial charge on any atom is -0.486 e. The first-order chi connectivity index (χ1) is 13.5. The van der Waals surface area contributed by atoms with Crippen LogP contribution in [0.2, 0.25) is 0 Å². The lowest BCUT2D eigenvalue weighted by Gasteiger charge is -2.39. The maximum Gasteiger partial charge on any atom is 0.232 e. The fraction of sp³-hybridized carbons (Fsp3) is 0.350. The summed E-state index contributed by atoms with van der Waals surface area (Å²) in [5, 5.41) is 8.59. The van der Waals surface area contributed by atoms with E-state index in [0.29, 0.717) is 24.7 Å². The smallest absolute Gasteiger partial charge is 0.232 e. The number of anilines is 1. The zero-order valence-electron chi connectivity index (χ0n) is 16.3. The van der Waals surface area contributed by atoms with E-state index < -0.39 is 0 Å². The second-order valence-electron chi connectivity index (χ2n) is 6.90. The number of aryl methyl sites for hydroxylation is 3. The van der Waals surface area contributed by atoms with Gasteiger partial charge in [0.1, 0.15) is 23.5 Å². The summed E-state index contributed by atoms with van der Waals surface area (Å²) >= 11 is 0. The summed E-state index contributed by atoms with van der Waals surface area (Å²) in [6.45, 7) is 7.04. The van der Waals surface area contributed by atoms with E-state index in [0.717, 1.165) is 28.7 Å². The number of hydrogen-bond donors (Lipinski definition) is 0. The number of halogens is 1. The van der Waals surface area contributed by atoms with E-state index in [1.807, 2.05) is 37.5 Å². The molecule has 7 nitrogen and oxygen atoms in total. The molecular formula is C20H22FN5O2. The lowest BCUT2D eigenvalue weighted by Crippen LogP contribution is -2.55. The monoisotopic (exact) mass is 383 g/mol. The second kappa shape index (κ2) is 7.10. The first-order valence-electron chi connectivity index (χ1n) is 9.08. The third-order valence-electron chi connectivity index (χ3n) is 4.85. The molecule has 0 atom stereocenters. The average molecular weight is 383 g/mol. The van der Waals surface area contributed by atoms with E-state index in [1.165, 1.54) is 12.1 Å². The molecule has 1 aliphatic heterocycles. The number of methoxy groups -OCH3 is 1. The van der Waals surface area contributed by atoms with Gasteiger partial charge in [-0.3, -0.25) is 4.57 Å². The van der Waals surface area contributed by atoms with Crippen LogP contribution in [0.5, 0.6) is 11.6 Å². The number of nitrogens with zero attached hydrogens (tertiary/aromatic N) is 5. The van der Waals surface area contributed by atoms with Gasteiger partial charge in [0, 0.05) is 6.07 Å². The fourth-order valence-corrected chi connectivity index (χ4v) is 3.32. The minimum absolute atomic E-state index is 0.0182. The van der Waals surface area contributed by atoms with Crippen LogP contribution in [0, 0.1) is 26.6 Å². The van der Waals surface area contributed by atoms with Crippen LogP contribution in [0.4, 0.5) is 10.3 Å². The maximum absolute atomic E-state index is 13.3. The average Bonchev–Trinajstić information content (AvgIpc) is 3.00. The molecule has 8 heteroatoms. The number of aromatic nitrogens is 4. The Bertz CT molecular complexity index is 1010. The molecule has 1 aromatic carbocycles. The van der Waals surface area contributed by atoms with Crippen molar-refractivity contribution in [2.24, 2.45) is 0 Å². The maximum atomic E-state index is 13.3. The molecule has 3 heterocycles. The lowest BCUT2D eigenvalue weighted by atomic mass is 10.1. The quantitative estimate of drug-likeness (QED) is 0.675. The summed E-state index contributed by atoms with van der Waals surface area (Å²) < 4.78 is 26.4. The van der Waals surface area contributed by atoms with Crippen LogP contribution in [-0.4, -0.2) is 46.1 Å². The summed E-state index contributed by atoms with van der Waals surface area (Å²) in [5.74, 6) is 2.55. The van der Waals surface area contributed by atoms with Gasteiger partial charge in [0.15, 0.2) is 0 Å². The van der Waals surface area contributed by atoms with Crippen molar-refractivity contribution in [3.8, 4) is 17.3 Å². The highest BCUT2D eigenvalue weighted by Gasteiger charge is 2.33. The standard InChI is InChI=1S/C20H22FN5O2/c1-12-9-15(21)5-7-18(12)28-16-10-25(11-16)20-24-23-14(3)26(20)17-6-8-19(27-4)22-13(17)2/h5-9,16H,10-11H2,1-4H3. The molecule has 0 unspecified atom stereocenters. The molecule has 146 valence electrons. The third kappa shape index (κ3) is 3.26. The zero-order chi connectivity index (χ0) is 19.8. The van der Waals surface area contributed by atoms with Crippen molar-refractivity contribution < 1.29 is 13.9 Å². The van der Waals surface area contributed by atoms with E-state index in [-0.39, 0.29) is 11.9 Å². The second-order valence-corrected chi connectivity index (χ2v) is 6.90. The fourth-order valence-electron chi connectivity index (χ4n) is 3.32. The third-order valence-corrected chi connectivity index (χ3v) is 4.85. The molecular weight excluding hydrogens is 361 g/mol. The van der Waals surface area contributed by atoms with Crippen molar-refractivity contribution in [3.63, 3.8) is 0 Å². The summed E-state index contributed by atoms with van der Waals surface area (Å²) in [4.78, 5) is 6.55. The topological polar surface area (TPSA) is 65.3 Å². The first kappa shape index (κ1) is 18.2. The summed E-state index contributed by atoms with van der Waals surface area (Å²) in [6, 6.07) is 8.34. The van der Waals surface area contributed by atoms with Gasteiger partial charge in [0.25, 0.3) is 0 Å².